The minimum absolute atomic E-state index is 0.148. The first-order valence-electron chi connectivity index (χ1n) is 7.68. The van der Waals surface area contributed by atoms with Gasteiger partial charge in [0, 0.05) is 18.8 Å². The molecule has 1 N–H and O–H groups in total. The summed E-state index contributed by atoms with van der Waals surface area (Å²) in [4.78, 5) is 28.8. The lowest BCUT2D eigenvalue weighted by atomic mass is 10.2. The second kappa shape index (κ2) is 5.93. The van der Waals surface area contributed by atoms with Gasteiger partial charge < -0.3 is 14.8 Å². The van der Waals surface area contributed by atoms with Crippen LogP contribution in [0.15, 0.2) is 35.5 Å². The van der Waals surface area contributed by atoms with Crippen LogP contribution in [0.1, 0.15) is 0 Å². The second-order valence-corrected chi connectivity index (χ2v) is 5.59. The van der Waals surface area contributed by atoms with Crippen LogP contribution in [0.5, 0.6) is 11.5 Å². The van der Waals surface area contributed by atoms with Crippen molar-refractivity contribution in [2.75, 3.05) is 18.5 Å². The number of aromatic nitrogens is 4. The van der Waals surface area contributed by atoms with E-state index in [2.05, 4.69) is 15.4 Å². The van der Waals surface area contributed by atoms with Crippen LogP contribution in [-0.2, 0) is 18.4 Å². The molecule has 2 aromatic heterocycles. The predicted octanol–water partition coefficient (Wildman–Crippen LogP) is 0.540. The highest BCUT2D eigenvalue weighted by Crippen LogP contribution is 2.32. The number of hydrogen-bond donors (Lipinski definition) is 1. The fourth-order valence-corrected chi connectivity index (χ4v) is 2.66. The summed E-state index contributed by atoms with van der Waals surface area (Å²) in [6.45, 7) is 0.827. The number of hydrogen-bond acceptors (Lipinski definition) is 6. The molecule has 0 saturated carbocycles. The Kier molecular flexibility index (Phi) is 3.60. The smallest absolute Gasteiger partial charge is 0.264 e. The number of benzene rings is 1. The minimum Gasteiger partial charge on any atom is -0.486 e. The summed E-state index contributed by atoms with van der Waals surface area (Å²) in [6.07, 6.45) is 2.79. The molecule has 1 amide bonds. The van der Waals surface area contributed by atoms with Gasteiger partial charge in [0.25, 0.3) is 5.56 Å². The second-order valence-electron chi connectivity index (χ2n) is 5.59. The number of anilines is 1. The number of nitrogens with one attached hydrogen (secondary N) is 1. The number of ether oxygens (including phenoxy) is 2. The molecule has 0 fully saturated rings. The molecule has 4 rings (SSSR count). The Balaban J connectivity index is 1.53. The van der Waals surface area contributed by atoms with Gasteiger partial charge >= 0.3 is 0 Å². The minimum atomic E-state index is -0.344. The van der Waals surface area contributed by atoms with Gasteiger partial charge in [-0.25, -0.2) is 4.98 Å². The largest absolute Gasteiger partial charge is 0.486 e. The highest BCUT2D eigenvalue weighted by molar-refractivity contribution is 5.91. The molecule has 0 saturated heterocycles. The van der Waals surface area contributed by atoms with E-state index in [1.807, 2.05) is 0 Å². The van der Waals surface area contributed by atoms with Crippen molar-refractivity contribution < 1.29 is 14.3 Å². The molecule has 9 heteroatoms. The number of aryl methyl sites for hydroxylation is 1. The zero-order valence-electron chi connectivity index (χ0n) is 13.4. The van der Waals surface area contributed by atoms with Crippen molar-refractivity contribution >= 4 is 22.6 Å². The van der Waals surface area contributed by atoms with Crippen LogP contribution < -0.4 is 20.3 Å². The third kappa shape index (κ3) is 2.80. The summed E-state index contributed by atoms with van der Waals surface area (Å²) in [6, 6.07) is 5.15. The zero-order chi connectivity index (χ0) is 17.4. The normalized spacial score (nSPS) is 13.0. The fourth-order valence-electron chi connectivity index (χ4n) is 2.66. The van der Waals surface area contributed by atoms with Gasteiger partial charge in [-0.3, -0.25) is 18.8 Å². The quantitative estimate of drug-likeness (QED) is 0.746. The Morgan fingerprint density at radius 2 is 2.08 bits per heavy atom. The number of carbonyl (C=O) groups excluding carboxylic acids is 1. The monoisotopic (exact) mass is 341 g/mol. The van der Waals surface area contributed by atoms with Crippen molar-refractivity contribution in [2.45, 2.75) is 6.54 Å². The summed E-state index contributed by atoms with van der Waals surface area (Å²) in [7, 11) is 1.70. The topological polar surface area (TPSA) is 100 Å². The highest BCUT2D eigenvalue weighted by Gasteiger charge is 2.14. The average Bonchev–Trinajstić information content (AvgIpc) is 2.99. The van der Waals surface area contributed by atoms with E-state index in [0.717, 1.165) is 0 Å². The lowest BCUT2D eigenvalue weighted by molar-refractivity contribution is -0.116. The van der Waals surface area contributed by atoms with Gasteiger partial charge in [-0.15, -0.1) is 0 Å². The van der Waals surface area contributed by atoms with Crippen LogP contribution in [0.3, 0.4) is 0 Å². The first kappa shape index (κ1) is 15.2. The Bertz CT molecular complexity index is 1020. The van der Waals surface area contributed by atoms with Gasteiger partial charge in [0.05, 0.1) is 6.20 Å². The van der Waals surface area contributed by atoms with Gasteiger partial charge in [0.15, 0.2) is 17.1 Å². The van der Waals surface area contributed by atoms with Crippen molar-refractivity contribution in [3.05, 3.63) is 41.1 Å². The molecule has 128 valence electrons. The van der Waals surface area contributed by atoms with E-state index in [9.17, 15) is 9.59 Å². The van der Waals surface area contributed by atoms with Crippen LogP contribution in [0.2, 0.25) is 0 Å². The van der Waals surface area contributed by atoms with E-state index < -0.39 is 0 Å². The first-order valence-corrected chi connectivity index (χ1v) is 7.68. The Morgan fingerprint density at radius 1 is 1.28 bits per heavy atom. The number of fused-ring (bicyclic) bond motifs is 2. The van der Waals surface area contributed by atoms with Crippen molar-refractivity contribution in [2.24, 2.45) is 7.05 Å². The molecule has 1 aromatic carbocycles. The van der Waals surface area contributed by atoms with E-state index in [0.29, 0.717) is 41.4 Å². The predicted molar refractivity (Wildman–Crippen MR) is 88.8 cm³/mol. The molecule has 25 heavy (non-hydrogen) atoms. The van der Waals surface area contributed by atoms with Crippen LogP contribution in [0.25, 0.3) is 11.0 Å². The van der Waals surface area contributed by atoms with E-state index in [4.69, 9.17) is 9.47 Å². The summed E-state index contributed by atoms with van der Waals surface area (Å²) < 4.78 is 13.7. The molecule has 0 atom stereocenters. The third-order valence-corrected chi connectivity index (χ3v) is 3.86. The number of amides is 1. The Morgan fingerprint density at radius 3 is 2.92 bits per heavy atom. The molecule has 0 unspecified atom stereocenters. The average molecular weight is 341 g/mol. The molecule has 3 heterocycles. The Labute approximate surface area is 141 Å². The zero-order valence-corrected chi connectivity index (χ0v) is 13.4. The number of rotatable bonds is 3. The van der Waals surface area contributed by atoms with E-state index in [1.54, 1.807) is 25.2 Å². The van der Waals surface area contributed by atoms with Crippen LogP contribution in [-0.4, -0.2) is 38.5 Å². The van der Waals surface area contributed by atoms with Gasteiger partial charge in [0.2, 0.25) is 5.91 Å². The van der Waals surface area contributed by atoms with Crippen molar-refractivity contribution in [1.82, 2.24) is 19.3 Å². The lowest BCUT2D eigenvalue weighted by Gasteiger charge is -2.19. The van der Waals surface area contributed by atoms with Crippen molar-refractivity contribution in [3.63, 3.8) is 0 Å². The van der Waals surface area contributed by atoms with Crippen LogP contribution in [0, 0.1) is 0 Å². The molecule has 9 nitrogen and oxygen atoms in total. The van der Waals surface area contributed by atoms with Crippen molar-refractivity contribution in [3.8, 4) is 11.5 Å². The maximum atomic E-state index is 12.4. The standard InChI is InChI=1S/C16H15N5O4/c1-20-15-11(7-18-20)16(23)21(9-17-15)8-14(22)19-10-2-3-12-13(6-10)25-5-4-24-12/h2-3,6-7,9H,4-5,8H2,1H3,(H,19,22). The first-order chi connectivity index (χ1) is 12.1. The molecule has 1 aliphatic heterocycles. The molecule has 0 bridgehead atoms. The summed E-state index contributed by atoms with van der Waals surface area (Å²) in [5, 5.41) is 7.11. The van der Waals surface area contributed by atoms with E-state index in [1.165, 1.54) is 21.8 Å². The summed E-state index contributed by atoms with van der Waals surface area (Å²) in [5.74, 6) is 0.884. The summed E-state index contributed by atoms with van der Waals surface area (Å²) in [5.41, 5.74) is 0.738. The van der Waals surface area contributed by atoms with Crippen LogP contribution >= 0.6 is 0 Å². The Hall–Kier alpha value is -3.36. The maximum absolute atomic E-state index is 12.4. The molecular weight excluding hydrogens is 326 g/mol. The fraction of sp³-hybridized carbons (Fsp3) is 0.250. The SMILES string of the molecule is Cn1ncc2c(=O)n(CC(=O)Nc3ccc4c(c3)OCCO4)cnc21. The molecule has 0 aliphatic carbocycles. The van der Waals surface area contributed by atoms with Gasteiger partial charge in [-0.05, 0) is 12.1 Å². The van der Waals surface area contributed by atoms with E-state index in [-0.39, 0.29) is 18.0 Å². The molecule has 0 spiro atoms. The molecule has 0 radical (unpaired) electrons. The van der Waals surface area contributed by atoms with Gasteiger partial charge in [0.1, 0.15) is 31.5 Å². The van der Waals surface area contributed by atoms with E-state index >= 15 is 0 Å². The van der Waals surface area contributed by atoms with Crippen LogP contribution in [0.4, 0.5) is 5.69 Å². The molecule has 3 aromatic rings. The number of nitrogens with zero attached hydrogens (tertiary/aromatic N) is 4. The third-order valence-electron chi connectivity index (χ3n) is 3.86. The highest BCUT2D eigenvalue weighted by atomic mass is 16.6. The lowest BCUT2D eigenvalue weighted by Crippen LogP contribution is -2.27. The molecular formula is C16H15N5O4. The van der Waals surface area contributed by atoms with Gasteiger partial charge in [-0.1, -0.05) is 0 Å². The van der Waals surface area contributed by atoms with Gasteiger partial charge in [-0.2, -0.15) is 5.10 Å². The number of carbonyl (C=O) groups is 1. The maximum Gasteiger partial charge on any atom is 0.264 e. The molecule has 1 aliphatic rings. The summed E-state index contributed by atoms with van der Waals surface area (Å²) >= 11 is 0. The van der Waals surface area contributed by atoms with Crippen molar-refractivity contribution in [1.29, 1.82) is 0 Å².